The van der Waals surface area contributed by atoms with Crippen LogP contribution in [0.4, 0.5) is 5.00 Å². The first-order valence-electron chi connectivity index (χ1n) is 9.50. The molecule has 0 aliphatic carbocycles. The van der Waals surface area contributed by atoms with Crippen LogP contribution in [0, 0.1) is 13.8 Å². The number of amides is 1. The zero-order chi connectivity index (χ0) is 22.1. The number of ether oxygens (including phenoxy) is 1. The number of thiophene rings is 1. The lowest BCUT2D eigenvalue weighted by molar-refractivity contribution is 0.0603. The molecule has 7 heteroatoms. The number of carbonyl (C=O) groups is 2. The molecule has 0 saturated heterocycles. The van der Waals surface area contributed by atoms with Crippen molar-refractivity contribution >= 4 is 39.2 Å². The average Bonchev–Trinajstić information content (AvgIpc) is 3.15. The Morgan fingerprint density at radius 3 is 2.55 bits per heavy atom. The minimum atomic E-state index is -0.748. The maximum absolute atomic E-state index is 12.9. The summed E-state index contributed by atoms with van der Waals surface area (Å²) in [6.07, 6.45) is 0. The summed E-state index contributed by atoms with van der Waals surface area (Å²) in [5.74, 6) is -1.23. The van der Waals surface area contributed by atoms with Gasteiger partial charge >= 0.3 is 11.6 Å². The van der Waals surface area contributed by atoms with E-state index in [1.807, 2.05) is 32.0 Å². The first kappa shape index (κ1) is 20.6. The molecule has 1 N–H and O–H groups in total. The molecule has 4 rings (SSSR count). The molecular formula is C24H19NO5S. The van der Waals surface area contributed by atoms with Gasteiger partial charge in [-0.1, -0.05) is 42.0 Å². The predicted molar refractivity (Wildman–Crippen MR) is 121 cm³/mol. The summed E-state index contributed by atoms with van der Waals surface area (Å²) in [5.41, 5.74) is 3.38. The van der Waals surface area contributed by atoms with Crippen LogP contribution < -0.4 is 10.9 Å². The zero-order valence-electron chi connectivity index (χ0n) is 17.1. The lowest BCUT2D eigenvalue weighted by atomic mass is 9.97. The van der Waals surface area contributed by atoms with Crippen molar-refractivity contribution in [2.45, 2.75) is 13.8 Å². The van der Waals surface area contributed by atoms with Crippen molar-refractivity contribution in [3.8, 4) is 11.1 Å². The standard InChI is InChI=1S/C24H19NO5S/c1-13-8-9-16(14(2)10-13)18-12-31-22(20(18)24(28)29-3)25-21(26)17-11-15-6-4-5-7-19(15)30-23(17)27/h4-12H,1-3H3,(H,25,26). The fourth-order valence-electron chi connectivity index (χ4n) is 3.46. The van der Waals surface area contributed by atoms with Crippen LogP contribution in [0.25, 0.3) is 22.1 Å². The van der Waals surface area contributed by atoms with Gasteiger partial charge in [-0.15, -0.1) is 11.3 Å². The molecule has 2 aromatic heterocycles. The maximum atomic E-state index is 12.9. The Morgan fingerprint density at radius 1 is 1.03 bits per heavy atom. The van der Waals surface area contributed by atoms with Crippen molar-refractivity contribution in [2.75, 3.05) is 12.4 Å². The number of para-hydroxylation sites is 1. The zero-order valence-corrected chi connectivity index (χ0v) is 18.0. The van der Waals surface area contributed by atoms with Crippen molar-refractivity contribution in [2.24, 2.45) is 0 Å². The van der Waals surface area contributed by atoms with E-state index in [2.05, 4.69) is 5.32 Å². The predicted octanol–water partition coefficient (Wildman–Crippen LogP) is 5.18. The van der Waals surface area contributed by atoms with Crippen molar-refractivity contribution in [1.82, 2.24) is 0 Å². The van der Waals surface area contributed by atoms with Gasteiger partial charge in [0.2, 0.25) is 0 Å². The van der Waals surface area contributed by atoms with E-state index in [4.69, 9.17) is 9.15 Å². The van der Waals surface area contributed by atoms with Gasteiger partial charge in [0.15, 0.2) is 0 Å². The Balaban J connectivity index is 1.76. The van der Waals surface area contributed by atoms with Gasteiger partial charge in [0.05, 0.1) is 7.11 Å². The van der Waals surface area contributed by atoms with E-state index in [1.165, 1.54) is 24.5 Å². The van der Waals surface area contributed by atoms with E-state index in [1.54, 1.807) is 29.6 Å². The molecule has 0 aliphatic rings. The fraction of sp³-hybridized carbons (Fsp3) is 0.125. The molecule has 0 radical (unpaired) electrons. The second kappa shape index (κ2) is 8.20. The van der Waals surface area contributed by atoms with E-state index in [9.17, 15) is 14.4 Å². The number of nitrogens with one attached hydrogen (secondary N) is 1. The third-order valence-electron chi connectivity index (χ3n) is 4.97. The first-order valence-corrected chi connectivity index (χ1v) is 10.4. The number of aryl methyl sites for hydroxylation is 2. The lowest BCUT2D eigenvalue weighted by Gasteiger charge is -2.10. The summed E-state index contributed by atoms with van der Waals surface area (Å²) >= 11 is 1.19. The van der Waals surface area contributed by atoms with Crippen molar-refractivity contribution in [3.63, 3.8) is 0 Å². The summed E-state index contributed by atoms with van der Waals surface area (Å²) in [5, 5.41) is 5.41. The van der Waals surface area contributed by atoms with Crippen LogP contribution in [-0.4, -0.2) is 19.0 Å². The molecular weight excluding hydrogens is 414 g/mol. The Kier molecular flexibility index (Phi) is 5.44. The number of benzene rings is 2. The lowest BCUT2D eigenvalue weighted by Crippen LogP contribution is -2.21. The largest absolute Gasteiger partial charge is 0.465 e. The molecule has 0 bridgehead atoms. The molecule has 31 heavy (non-hydrogen) atoms. The second-order valence-electron chi connectivity index (χ2n) is 7.10. The smallest absolute Gasteiger partial charge is 0.349 e. The van der Waals surface area contributed by atoms with Crippen LogP contribution >= 0.6 is 11.3 Å². The number of carbonyl (C=O) groups excluding carboxylic acids is 2. The molecule has 156 valence electrons. The Morgan fingerprint density at radius 2 is 1.81 bits per heavy atom. The van der Waals surface area contributed by atoms with Gasteiger partial charge in [0.1, 0.15) is 21.7 Å². The number of methoxy groups -OCH3 is 1. The second-order valence-corrected chi connectivity index (χ2v) is 7.98. The van der Waals surface area contributed by atoms with E-state index >= 15 is 0 Å². The average molecular weight is 433 g/mol. The van der Waals surface area contributed by atoms with Crippen LogP contribution in [0.5, 0.6) is 0 Å². The molecule has 0 aliphatic heterocycles. The molecule has 0 saturated carbocycles. The first-order chi connectivity index (χ1) is 14.9. The van der Waals surface area contributed by atoms with E-state index < -0.39 is 17.5 Å². The monoisotopic (exact) mass is 433 g/mol. The highest BCUT2D eigenvalue weighted by atomic mass is 32.1. The van der Waals surface area contributed by atoms with Crippen LogP contribution in [0.3, 0.4) is 0 Å². The van der Waals surface area contributed by atoms with Crippen LogP contribution in [0.2, 0.25) is 0 Å². The molecule has 0 unspecified atom stereocenters. The summed E-state index contributed by atoms with van der Waals surface area (Å²) in [4.78, 5) is 37.8. The fourth-order valence-corrected chi connectivity index (χ4v) is 4.40. The highest BCUT2D eigenvalue weighted by molar-refractivity contribution is 7.15. The van der Waals surface area contributed by atoms with Gasteiger partial charge < -0.3 is 14.5 Å². The number of hydrogen-bond donors (Lipinski definition) is 1. The van der Waals surface area contributed by atoms with E-state index in [-0.39, 0.29) is 11.1 Å². The summed E-state index contributed by atoms with van der Waals surface area (Å²) in [6, 6.07) is 14.3. The third kappa shape index (κ3) is 3.87. The summed E-state index contributed by atoms with van der Waals surface area (Å²) < 4.78 is 10.2. The minimum absolute atomic E-state index is 0.143. The molecule has 0 spiro atoms. The minimum Gasteiger partial charge on any atom is -0.465 e. The summed E-state index contributed by atoms with van der Waals surface area (Å²) in [6.45, 7) is 3.95. The van der Waals surface area contributed by atoms with E-state index in [0.29, 0.717) is 21.5 Å². The summed E-state index contributed by atoms with van der Waals surface area (Å²) in [7, 11) is 1.29. The molecule has 0 atom stereocenters. The number of rotatable bonds is 4. The van der Waals surface area contributed by atoms with Gasteiger partial charge in [-0.05, 0) is 37.1 Å². The molecule has 6 nitrogen and oxygen atoms in total. The Hall–Kier alpha value is -3.71. The number of anilines is 1. The third-order valence-corrected chi connectivity index (χ3v) is 5.86. The number of fused-ring (bicyclic) bond motifs is 1. The number of esters is 1. The van der Waals surface area contributed by atoms with Crippen molar-refractivity contribution < 1.29 is 18.7 Å². The molecule has 0 fully saturated rings. The Bertz CT molecular complexity index is 1380. The normalized spacial score (nSPS) is 10.8. The van der Waals surface area contributed by atoms with Crippen LogP contribution in [0.1, 0.15) is 31.8 Å². The van der Waals surface area contributed by atoms with E-state index in [0.717, 1.165) is 16.7 Å². The number of hydrogen-bond acceptors (Lipinski definition) is 6. The van der Waals surface area contributed by atoms with Gasteiger partial charge in [-0.25, -0.2) is 9.59 Å². The van der Waals surface area contributed by atoms with Gasteiger partial charge in [0.25, 0.3) is 5.91 Å². The maximum Gasteiger partial charge on any atom is 0.349 e. The Labute approximate surface area is 182 Å². The molecule has 4 aromatic rings. The molecule has 2 heterocycles. The molecule has 2 aromatic carbocycles. The highest BCUT2D eigenvalue weighted by Gasteiger charge is 2.24. The van der Waals surface area contributed by atoms with Gasteiger partial charge in [-0.2, -0.15) is 0 Å². The molecule has 1 amide bonds. The van der Waals surface area contributed by atoms with Crippen molar-refractivity contribution in [3.05, 3.63) is 86.6 Å². The van der Waals surface area contributed by atoms with Gasteiger partial charge in [0, 0.05) is 16.3 Å². The topological polar surface area (TPSA) is 85.6 Å². The van der Waals surface area contributed by atoms with Crippen LogP contribution in [-0.2, 0) is 4.74 Å². The quantitative estimate of drug-likeness (QED) is 0.354. The van der Waals surface area contributed by atoms with Crippen LogP contribution in [0.15, 0.2) is 63.1 Å². The highest BCUT2D eigenvalue weighted by Crippen LogP contribution is 2.38. The van der Waals surface area contributed by atoms with Crippen molar-refractivity contribution in [1.29, 1.82) is 0 Å². The SMILES string of the molecule is COC(=O)c1c(-c2ccc(C)cc2C)csc1NC(=O)c1cc2ccccc2oc1=O. The van der Waals surface area contributed by atoms with Gasteiger partial charge in [-0.3, -0.25) is 4.79 Å².